The fourth-order valence-corrected chi connectivity index (χ4v) is 2.33. The van der Waals surface area contributed by atoms with Crippen molar-refractivity contribution in [3.05, 3.63) is 59.0 Å². The monoisotopic (exact) mass is 305 g/mol. The molecule has 112 valence electrons. The van der Waals surface area contributed by atoms with E-state index in [4.69, 9.17) is 16.0 Å². The van der Waals surface area contributed by atoms with Crippen LogP contribution in [-0.2, 0) is 13.0 Å². The molecule has 4 nitrogen and oxygen atoms in total. The Kier molecular flexibility index (Phi) is 5.69. The fourth-order valence-electron chi connectivity index (χ4n) is 2.12. The zero-order valence-electron chi connectivity index (χ0n) is 12.3. The minimum absolute atomic E-state index is 0.751. The molecule has 0 aliphatic carbocycles. The van der Waals surface area contributed by atoms with E-state index in [2.05, 4.69) is 21.3 Å². The molecule has 0 aliphatic rings. The van der Waals surface area contributed by atoms with Gasteiger partial charge in [-0.2, -0.15) is 0 Å². The first-order valence-corrected chi connectivity index (χ1v) is 7.25. The highest BCUT2D eigenvalue weighted by Gasteiger charge is 2.07. The van der Waals surface area contributed by atoms with Gasteiger partial charge in [0, 0.05) is 38.6 Å². The average molecular weight is 306 g/mol. The largest absolute Gasteiger partial charge is 0.469 e. The van der Waals surface area contributed by atoms with Crippen molar-refractivity contribution < 1.29 is 4.42 Å². The fraction of sp³-hybridized carbons (Fsp3) is 0.312. The second kappa shape index (κ2) is 7.74. The molecule has 5 heteroatoms. The van der Waals surface area contributed by atoms with Crippen LogP contribution in [0, 0.1) is 0 Å². The molecule has 0 fully saturated rings. The van der Waals surface area contributed by atoms with Gasteiger partial charge in [0.2, 0.25) is 0 Å². The predicted octanol–water partition coefficient (Wildman–Crippen LogP) is 3.18. The van der Waals surface area contributed by atoms with Crippen LogP contribution in [0.3, 0.4) is 0 Å². The highest BCUT2D eigenvalue weighted by molar-refractivity contribution is 6.30. The summed E-state index contributed by atoms with van der Waals surface area (Å²) in [4.78, 5) is 6.36. The van der Waals surface area contributed by atoms with E-state index in [1.165, 1.54) is 0 Å². The number of rotatable bonds is 5. The van der Waals surface area contributed by atoms with Crippen LogP contribution in [0.15, 0.2) is 52.1 Å². The summed E-state index contributed by atoms with van der Waals surface area (Å²) in [6.45, 7) is 1.53. The molecular formula is C16H20ClN3O. The molecule has 2 aromatic rings. The molecular weight excluding hydrogens is 286 g/mol. The molecule has 0 unspecified atom stereocenters. The number of aliphatic imine (C=N–C) groups is 1. The van der Waals surface area contributed by atoms with Gasteiger partial charge in [0.25, 0.3) is 0 Å². The molecule has 0 amide bonds. The molecule has 0 aliphatic heterocycles. The number of hydrogen-bond acceptors (Lipinski definition) is 2. The standard InChI is InChI=1S/C16H20ClN3O/c1-18-16(19-9-8-15-7-4-10-21-15)20(2)12-13-5-3-6-14(17)11-13/h3-7,10-11H,8-9,12H2,1-2H3,(H,18,19). The van der Waals surface area contributed by atoms with Crippen molar-refractivity contribution in [1.29, 1.82) is 0 Å². The van der Waals surface area contributed by atoms with Gasteiger partial charge in [-0.3, -0.25) is 4.99 Å². The Labute approximate surface area is 130 Å². The summed E-state index contributed by atoms with van der Waals surface area (Å²) in [6.07, 6.45) is 2.52. The van der Waals surface area contributed by atoms with E-state index >= 15 is 0 Å². The topological polar surface area (TPSA) is 40.8 Å². The van der Waals surface area contributed by atoms with Gasteiger partial charge in [-0.25, -0.2) is 0 Å². The summed E-state index contributed by atoms with van der Waals surface area (Å²) in [5.74, 6) is 1.82. The lowest BCUT2D eigenvalue weighted by Gasteiger charge is -2.22. The van der Waals surface area contributed by atoms with Crippen LogP contribution in [0.1, 0.15) is 11.3 Å². The summed E-state index contributed by atoms with van der Waals surface area (Å²) < 4.78 is 5.31. The van der Waals surface area contributed by atoms with Gasteiger partial charge in [0.05, 0.1) is 6.26 Å². The van der Waals surface area contributed by atoms with E-state index in [9.17, 15) is 0 Å². The van der Waals surface area contributed by atoms with Crippen LogP contribution in [0.5, 0.6) is 0 Å². The zero-order chi connectivity index (χ0) is 15.1. The molecule has 2 rings (SSSR count). The van der Waals surface area contributed by atoms with Crippen LogP contribution < -0.4 is 5.32 Å². The summed E-state index contributed by atoms with van der Waals surface area (Å²) in [5, 5.41) is 4.08. The van der Waals surface area contributed by atoms with E-state index in [1.807, 2.05) is 37.4 Å². The first-order chi connectivity index (χ1) is 10.2. The Morgan fingerprint density at radius 1 is 1.33 bits per heavy atom. The van der Waals surface area contributed by atoms with Gasteiger partial charge in [0.1, 0.15) is 5.76 Å². The Balaban J connectivity index is 1.85. The number of benzene rings is 1. The third-order valence-electron chi connectivity index (χ3n) is 3.12. The highest BCUT2D eigenvalue weighted by atomic mass is 35.5. The number of nitrogens with one attached hydrogen (secondary N) is 1. The first kappa shape index (κ1) is 15.4. The van der Waals surface area contributed by atoms with Gasteiger partial charge in [-0.15, -0.1) is 0 Å². The second-order valence-corrected chi connectivity index (χ2v) is 5.23. The van der Waals surface area contributed by atoms with Gasteiger partial charge < -0.3 is 14.6 Å². The van der Waals surface area contributed by atoms with Crippen molar-refractivity contribution in [2.45, 2.75) is 13.0 Å². The van der Waals surface area contributed by atoms with E-state index in [1.54, 1.807) is 13.3 Å². The lowest BCUT2D eigenvalue weighted by atomic mass is 10.2. The highest BCUT2D eigenvalue weighted by Crippen LogP contribution is 2.12. The molecule has 1 N–H and O–H groups in total. The normalized spacial score (nSPS) is 11.5. The van der Waals surface area contributed by atoms with Crippen LogP contribution in [0.2, 0.25) is 5.02 Å². The van der Waals surface area contributed by atoms with Crippen molar-refractivity contribution in [2.24, 2.45) is 4.99 Å². The smallest absolute Gasteiger partial charge is 0.193 e. The zero-order valence-corrected chi connectivity index (χ0v) is 13.1. The molecule has 1 aromatic heterocycles. The van der Waals surface area contributed by atoms with E-state index in [0.717, 1.165) is 41.8 Å². The predicted molar refractivity (Wildman–Crippen MR) is 86.7 cm³/mol. The van der Waals surface area contributed by atoms with Crippen molar-refractivity contribution in [3.63, 3.8) is 0 Å². The maximum absolute atomic E-state index is 6.01. The third-order valence-corrected chi connectivity index (χ3v) is 3.35. The number of hydrogen-bond donors (Lipinski definition) is 1. The molecule has 1 heterocycles. The molecule has 1 aromatic carbocycles. The molecule has 0 spiro atoms. The average Bonchev–Trinajstić information content (AvgIpc) is 2.96. The summed E-state index contributed by atoms with van der Waals surface area (Å²) in [5.41, 5.74) is 1.15. The molecule has 0 saturated carbocycles. The quantitative estimate of drug-likeness (QED) is 0.681. The number of nitrogens with zero attached hydrogens (tertiary/aromatic N) is 2. The van der Waals surface area contributed by atoms with E-state index < -0.39 is 0 Å². The van der Waals surface area contributed by atoms with Crippen molar-refractivity contribution in [3.8, 4) is 0 Å². The lowest BCUT2D eigenvalue weighted by Crippen LogP contribution is -2.39. The van der Waals surface area contributed by atoms with E-state index in [-0.39, 0.29) is 0 Å². The Hall–Kier alpha value is -1.94. The second-order valence-electron chi connectivity index (χ2n) is 4.79. The van der Waals surface area contributed by atoms with Gasteiger partial charge in [-0.05, 0) is 29.8 Å². The Bertz CT molecular complexity index is 581. The minimum atomic E-state index is 0.751. The van der Waals surface area contributed by atoms with Crippen LogP contribution in [0.25, 0.3) is 0 Å². The summed E-state index contributed by atoms with van der Waals surface area (Å²) in [7, 11) is 3.78. The number of furan rings is 1. The molecule has 0 radical (unpaired) electrons. The minimum Gasteiger partial charge on any atom is -0.469 e. The van der Waals surface area contributed by atoms with Crippen molar-refractivity contribution in [2.75, 3.05) is 20.6 Å². The molecule has 0 saturated heterocycles. The van der Waals surface area contributed by atoms with Gasteiger partial charge >= 0.3 is 0 Å². The number of halogens is 1. The molecule has 21 heavy (non-hydrogen) atoms. The maximum Gasteiger partial charge on any atom is 0.193 e. The first-order valence-electron chi connectivity index (χ1n) is 6.87. The summed E-state index contributed by atoms with van der Waals surface area (Å²) >= 11 is 6.01. The van der Waals surface area contributed by atoms with Crippen LogP contribution in [0.4, 0.5) is 0 Å². The molecule has 0 atom stereocenters. The maximum atomic E-state index is 6.01. The Morgan fingerprint density at radius 3 is 2.86 bits per heavy atom. The van der Waals surface area contributed by atoms with E-state index in [0.29, 0.717) is 0 Å². The van der Waals surface area contributed by atoms with Crippen molar-refractivity contribution in [1.82, 2.24) is 10.2 Å². The Morgan fingerprint density at radius 2 is 2.19 bits per heavy atom. The van der Waals surface area contributed by atoms with Gasteiger partial charge in [-0.1, -0.05) is 23.7 Å². The third kappa shape index (κ3) is 4.83. The van der Waals surface area contributed by atoms with Gasteiger partial charge in [0.15, 0.2) is 5.96 Å². The summed E-state index contributed by atoms with van der Waals surface area (Å²) in [6, 6.07) is 11.7. The number of guanidine groups is 1. The van der Waals surface area contributed by atoms with Crippen LogP contribution >= 0.6 is 11.6 Å². The molecule has 0 bridgehead atoms. The lowest BCUT2D eigenvalue weighted by molar-refractivity contribution is 0.470. The van der Waals surface area contributed by atoms with Crippen LogP contribution in [-0.4, -0.2) is 31.5 Å². The SMILES string of the molecule is CN=C(NCCc1ccco1)N(C)Cc1cccc(Cl)c1. The van der Waals surface area contributed by atoms with Crippen molar-refractivity contribution >= 4 is 17.6 Å².